The molecule has 42 heavy (non-hydrogen) atoms. The number of nitrogens with one attached hydrogen (secondary N) is 1. The Hall–Kier alpha value is -4.17. The van der Waals surface area contributed by atoms with Crippen molar-refractivity contribution in [2.45, 2.75) is 25.3 Å². The molecular weight excluding hydrogens is 546 g/mol. The van der Waals surface area contributed by atoms with E-state index in [9.17, 15) is 8.78 Å². The number of rotatable bonds is 8. The number of morpholine rings is 1. The van der Waals surface area contributed by atoms with Crippen LogP contribution >= 0.6 is 0 Å². The van der Waals surface area contributed by atoms with Crippen molar-refractivity contribution < 1.29 is 18.3 Å². The number of piperidine rings is 1. The number of pyridine rings is 1. The average Bonchev–Trinajstić information content (AvgIpc) is 3.42. The van der Waals surface area contributed by atoms with Crippen molar-refractivity contribution in [2.75, 3.05) is 75.7 Å². The van der Waals surface area contributed by atoms with E-state index in [0.29, 0.717) is 60.8 Å². The fourth-order valence-corrected chi connectivity index (χ4v) is 5.41. The van der Waals surface area contributed by atoms with Crippen LogP contribution in [0.5, 0.6) is 5.75 Å². The molecule has 0 amide bonds. The first-order valence-electron chi connectivity index (χ1n) is 14.0. The number of benzene rings is 1. The Morgan fingerprint density at radius 2 is 1.71 bits per heavy atom. The molecule has 1 aromatic carbocycles. The minimum absolute atomic E-state index is 0.0217. The molecule has 2 aliphatic rings. The minimum atomic E-state index is -2.87. The van der Waals surface area contributed by atoms with Crippen molar-refractivity contribution in [1.29, 1.82) is 0 Å². The van der Waals surface area contributed by atoms with Crippen molar-refractivity contribution >= 4 is 34.4 Å². The molecule has 2 aliphatic heterocycles. The van der Waals surface area contributed by atoms with Crippen LogP contribution in [0.3, 0.4) is 0 Å². The number of imidazole rings is 1. The van der Waals surface area contributed by atoms with Crippen LogP contribution < -0.4 is 19.9 Å². The fraction of sp³-hybridized carbons (Fsp3) is 0.464. The molecule has 0 atom stereocenters. The maximum absolute atomic E-state index is 14.3. The second-order valence-electron chi connectivity index (χ2n) is 10.5. The number of hydrogen-bond donors (Lipinski definition) is 1. The van der Waals surface area contributed by atoms with Gasteiger partial charge >= 0.3 is 0 Å². The van der Waals surface area contributed by atoms with E-state index >= 15 is 0 Å². The molecule has 222 valence electrons. The number of anilines is 4. The second kappa shape index (κ2) is 12.0. The van der Waals surface area contributed by atoms with Gasteiger partial charge in [0.2, 0.25) is 17.8 Å². The third-order valence-corrected chi connectivity index (χ3v) is 7.72. The van der Waals surface area contributed by atoms with Crippen LogP contribution in [0.4, 0.5) is 32.2 Å². The third kappa shape index (κ3) is 5.63. The average molecular weight is 581 g/mol. The summed E-state index contributed by atoms with van der Waals surface area (Å²) in [6.45, 7) is 4.02. The van der Waals surface area contributed by atoms with Gasteiger partial charge in [0.15, 0.2) is 5.82 Å². The summed E-state index contributed by atoms with van der Waals surface area (Å²) >= 11 is 0. The number of aromatic nitrogens is 6. The van der Waals surface area contributed by atoms with E-state index < -0.39 is 12.2 Å². The van der Waals surface area contributed by atoms with Crippen LogP contribution in [-0.2, 0) is 4.74 Å². The highest BCUT2D eigenvalue weighted by Gasteiger charge is 2.26. The summed E-state index contributed by atoms with van der Waals surface area (Å²) in [7, 11) is 5.72. The lowest BCUT2D eigenvalue weighted by atomic mass is 10.0. The summed E-state index contributed by atoms with van der Waals surface area (Å²) in [5, 5.41) is 3.20. The Kier molecular flexibility index (Phi) is 7.98. The topological polar surface area (TPSA) is 110 Å². The van der Waals surface area contributed by atoms with E-state index in [2.05, 4.69) is 54.1 Å². The van der Waals surface area contributed by atoms with E-state index in [0.717, 1.165) is 31.7 Å². The highest BCUT2D eigenvalue weighted by molar-refractivity contribution is 5.84. The van der Waals surface area contributed by atoms with Gasteiger partial charge in [0, 0.05) is 32.2 Å². The van der Waals surface area contributed by atoms with Gasteiger partial charge in [0.1, 0.15) is 17.1 Å². The van der Waals surface area contributed by atoms with Crippen LogP contribution in [0.1, 0.15) is 25.1 Å². The molecule has 5 heterocycles. The highest BCUT2D eigenvalue weighted by Crippen LogP contribution is 2.32. The van der Waals surface area contributed by atoms with Crippen LogP contribution in [0, 0.1) is 0 Å². The molecule has 4 aromatic rings. The zero-order valence-electron chi connectivity index (χ0n) is 23.9. The van der Waals surface area contributed by atoms with Crippen LogP contribution in [0.2, 0.25) is 0 Å². The summed E-state index contributed by atoms with van der Waals surface area (Å²) in [5.41, 5.74) is 1.37. The van der Waals surface area contributed by atoms with Gasteiger partial charge in [-0.3, -0.25) is 4.57 Å². The van der Waals surface area contributed by atoms with Crippen molar-refractivity contribution in [3.8, 4) is 11.7 Å². The van der Waals surface area contributed by atoms with E-state index in [1.54, 1.807) is 24.4 Å². The standard InChI is InChI=1S/C28H34F2N10O2/c1-37(2)19-9-11-38(12-10-19)22-8-7-18(17-31-22)32-26-34-27(39-13-15-42-16-14-39)36-28(35-26)40-20-5-4-6-21(41-3)23(20)33-25(40)24(29)30/h4-8,17,19,24H,9-16H2,1-3H3,(H,32,34,35,36). The van der Waals surface area contributed by atoms with Gasteiger partial charge in [-0.15, -0.1) is 0 Å². The molecule has 0 saturated carbocycles. The predicted molar refractivity (Wildman–Crippen MR) is 155 cm³/mol. The van der Waals surface area contributed by atoms with Crippen LogP contribution in [-0.4, -0.2) is 101 Å². The van der Waals surface area contributed by atoms with Crippen molar-refractivity contribution in [3.63, 3.8) is 0 Å². The molecule has 0 unspecified atom stereocenters. The van der Waals surface area contributed by atoms with Crippen LogP contribution in [0.15, 0.2) is 36.5 Å². The molecule has 2 saturated heterocycles. The number of alkyl halides is 2. The molecule has 0 spiro atoms. The molecule has 3 aromatic heterocycles. The lowest BCUT2D eigenvalue weighted by Gasteiger charge is -2.35. The Morgan fingerprint density at radius 3 is 2.38 bits per heavy atom. The molecule has 0 aliphatic carbocycles. The normalized spacial score (nSPS) is 16.5. The summed E-state index contributed by atoms with van der Waals surface area (Å²) in [5.74, 6) is 1.38. The van der Waals surface area contributed by atoms with Gasteiger partial charge < -0.3 is 29.5 Å². The molecule has 6 rings (SSSR count). The van der Waals surface area contributed by atoms with Crippen molar-refractivity contribution in [3.05, 3.63) is 42.4 Å². The summed E-state index contributed by atoms with van der Waals surface area (Å²) in [6.07, 6.45) is 1.03. The van der Waals surface area contributed by atoms with Gasteiger partial charge in [-0.25, -0.2) is 18.7 Å². The Balaban J connectivity index is 1.34. The predicted octanol–water partition coefficient (Wildman–Crippen LogP) is 3.66. The molecular formula is C28H34F2N10O2. The van der Waals surface area contributed by atoms with Gasteiger partial charge in [0.25, 0.3) is 6.43 Å². The number of methoxy groups -OCH3 is 1. The van der Waals surface area contributed by atoms with E-state index in [1.165, 1.54) is 11.7 Å². The van der Waals surface area contributed by atoms with Gasteiger partial charge in [-0.05, 0) is 51.2 Å². The zero-order chi connectivity index (χ0) is 29.2. The first-order chi connectivity index (χ1) is 20.4. The second-order valence-corrected chi connectivity index (χ2v) is 10.5. The molecule has 12 nitrogen and oxygen atoms in total. The quantitative estimate of drug-likeness (QED) is 0.330. The Morgan fingerprint density at radius 1 is 0.952 bits per heavy atom. The fourth-order valence-electron chi connectivity index (χ4n) is 5.41. The minimum Gasteiger partial charge on any atom is -0.494 e. The number of fused-ring (bicyclic) bond motifs is 1. The number of ether oxygens (including phenoxy) is 2. The number of halogens is 2. The summed E-state index contributed by atoms with van der Waals surface area (Å²) < 4.78 is 40.7. The molecule has 0 bridgehead atoms. The summed E-state index contributed by atoms with van der Waals surface area (Å²) in [4.78, 5) is 29.2. The van der Waals surface area contributed by atoms with Gasteiger partial charge in [-0.2, -0.15) is 15.0 Å². The molecule has 0 radical (unpaired) electrons. The lowest BCUT2D eigenvalue weighted by Crippen LogP contribution is -2.42. The highest BCUT2D eigenvalue weighted by atomic mass is 19.3. The van der Waals surface area contributed by atoms with E-state index in [-0.39, 0.29) is 11.9 Å². The van der Waals surface area contributed by atoms with Gasteiger partial charge in [0.05, 0.1) is 37.7 Å². The van der Waals surface area contributed by atoms with Gasteiger partial charge in [-0.1, -0.05) is 6.07 Å². The number of para-hydroxylation sites is 1. The van der Waals surface area contributed by atoms with E-state index in [4.69, 9.17) is 9.47 Å². The first-order valence-corrected chi connectivity index (χ1v) is 14.0. The maximum atomic E-state index is 14.3. The maximum Gasteiger partial charge on any atom is 0.296 e. The summed E-state index contributed by atoms with van der Waals surface area (Å²) in [6, 6.07) is 9.55. The first kappa shape index (κ1) is 28.0. The molecule has 2 fully saturated rings. The Labute approximate surface area is 242 Å². The van der Waals surface area contributed by atoms with Crippen molar-refractivity contribution in [2.24, 2.45) is 0 Å². The van der Waals surface area contributed by atoms with E-state index in [1.807, 2.05) is 17.0 Å². The monoisotopic (exact) mass is 580 g/mol. The lowest BCUT2D eigenvalue weighted by molar-refractivity contribution is 0.122. The smallest absolute Gasteiger partial charge is 0.296 e. The zero-order valence-corrected chi connectivity index (χ0v) is 23.9. The third-order valence-electron chi connectivity index (χ3n) is 7.72. The number of hydrogen-bond acceptors (Lipinski definition) is 11. The number of nitrogens with zero attached hydrogens (tertiary/aromatic N) is 9. The SMILES string of the molecule is COc1cccc2c1nc(C(F)F)n2-c1nc(Nc2ccc(N3CCC(N(C)C)CC3)nc2)nc(N2CCOCC2)n1. The van der Waals surface area contributed by atoms with Crippen molar-refractivity contribution in [1.82, 2.24) is 34.4 Å². The Bertz CT molecular complexity index is 1520. The largest absolute Gasteiger partial charge is 0.494 e. The van der Waals surface area contributed by atoms with Crippen LogP contribution in [0.25, 0.3) is 17.0 Å². The molecule has 1 N–H and O–H groups in total. The molecule has 14 heteroatoms.